The van der Waals surface area contributed by atoms with Crippen LogP contribution in [-0.4, -0.2) is 38.3 Å². The average Bonchev–Trinajstić information content (AvgIpc) is 2.67. The van der Waals surface area contributed by atoms with Crippen molar-refractivity contribution in [3.8, 4) is 11.5 Å². The molecular formula is C19H23N3O3S. The van der Waals surface area contributed by atoms with E-state index in [0.717, 1.165) is 17.0 Å². The summed E-state index contributed by atoms with van der Waals surface area (Å²) in [6.45, 7) is 3.63. The predicted molar refractivity (Wildman–Crippen MR) is 108 cm³/mol. The van der Waals surface area contributed by atoms with E-state index in [9.17, 15) is 0 Å². The van der Waals surface area contributed by atoms with Crippen LogP contribution in [0, 0.1) is 0 Å². The van der Waals surface area contributed by atoms with Gasteiger partial charge in [-0.1, -0.05) is 24.3 Å². The second-order valence-corrected chi connectivity index (χ2v) is 5.52. The highest BCUT2D eigenvalue weighted by molar-refractivity contribution is 7.80. The minimum Gasteiger partial charge on any atom is -0.496 e. The number of ether oxygens (including phenoxy) is 3. The largest absolute Gasteiger partial charge is 0.496 e. The normalized spacial score (nSPS) is 10.5. The minimum atomic E-state index is 0.358. The number of methoxy groups -OCH3 is 1. The molecule has 0 fully saturated rings. The van der Waals surface area contributed by atoms with E-state index in [1.807, 2.05) is 55.5 Å². The van der Waals surface area contributed by atoms with Crippen LogP contribution in [0.4, 0.5) is 5.69 Å². The molecule has 6 nitrogen and oxygen atoms in total. The maximum absolute atomic E-state index is 5.71. The van der Waals surface area contributed by atoms with Crippen LogP contribution in [0.3, 0.4) is 0 Å². The van der Waals surface area contributed by atoms with Crippen LogP contribution in [0.2, 0.25) is 0 Å². The highest BCUT2D eigenvalue weighted by atomic mass is 32.1. The number of para-hydroxylation sites is 3. The van der Waals surface area contributed by atoms with Gasteiger partial charge in [0, 0.05) is 12.2 Å². The van der Waals surface area contributed by atoms with E-state index in [1.165, 1.54) is 0 Å². The smallest absolute Gasteiger partial charge is 0.191 e. The van der Waals surface area contributed by atoms with Crippen LogP contribution < -0.4 is 20.2 Å². The Bertz CT molecular complexity index is 737. The van der Waals surface area contributed by atoms with Crippen LogP contribution >= 0.6 is 12.2 Å². The molecule has 0 radical (unpaired) electrons. The zero-order valence-corrected chi connectivity index (χ0v) is 15.7. The van der Waals surface area contributed by atoms with Crippen LogP contribution in [-0.2, 0) is 4.74 Å². The van der Waals surface area contributed by atoms with Gasteiger partial charge in [0.15, 0.2) is 5.11 Å². The number of rotatable bonds is 9. The summed E-state index contributed by atoms with van der Waals surface area (Å²) in [5.74, 6) is 1.44. The highest BCUT2D eigenvalue weighted by Crippen LogP contribution is 2.23. The van der Waals surface area contributed by atoms with Crippen molar-refractivity contribution in [2.24, 2.45) is 5.10 Å². The van der Waals surface area contributed by atoms with Gasteiger partial charge >= 0.3 is 0 Å². The minimum absolute atomic E-state index is 0.358. The quantitative estimate of drug-likeness (QED) is 0.304. The van der Waals surface area contributed by atoms with Gasteiger partial charge in [0.25, 0.3) is 0 Å². The molecule has 0 spiro atoms. The molecule has 2 N–H and O–H groups in total. The maximum atomic E-state index is 5.71. The van der Waals surface area contributed by atoms with Gasteiger partial charge < -0.3 is 19.5 Å². The monoisotopic (exact) mass is 373 g/mol. The van der Waals surface area contributed by atoms with Gasteiger partial charge in [0.05, 0.1) is 25.6 Å². The zero-order chi connectivity index (χ0) is 18.6. The van der Waals surface area contributed by atoms with Crippen molar-refractivity contribution in [1.29, 1.82) is 0 Å². The Labute approximate surface area is 159 Å². The Morgan fingerprint density at radius 2 is 1.81 bits per heavy atom. The van der Waals surface area contributed by atoms with Gasteiger partial charge in [-0.2, -0.15) is 5.10 Å². The molecule has 0 atom stereocenters. The van der Waals surface area contributed by atoms with Gasteiger partial charge in [-0.15, -0.1) is 0 Å². The Balaban J connectivity index is 1.90. The van der Waals surface area contributed by atoms with Gasteiger partial charge in [0.2, 0.25) is 0 Å². The Hall–Kier alpha value is -2.64. The summed E-state index contributed by atoms with van der Waals surface area (Å²) in [5, 5.41) is 7.58. The second kappa shape index (κ2) is 11.1. The van der Waals surface area contributed by atoms with E-state index >= 15 is 0 Å². The molecule has 2 aromatic carbocycles. The summed E-state index contributed by atoms with van der Waals surface area (Å²) in [5.41, 5.74) is 4.40. The first-order chi connectivity index (χ1) is 12.7. The van der Waals surface area contributed by atoms with Crippen molar-refractivity contribution in [3.05, 3.63) is 54.1 Å². The molecule has 7 heteroatoms. The zero-order valence-electron chi connectivity index (χ0n) is 14.9. The fourth-order valence-electron chi connectivity index (χ4n) is 2.13. The number of nitrogens with one attached hydrogen (secondary N) is 2. The standard InChI is InChI=1S/C19H23N3O3S/c1-3-24-12-13-25-18-11-7-5-9-16(18)21-19(26)22-20-14-15-8-4-6-10-17(15)23-2/h4-11,14H,3,12-13H2,1-2H3,(H2,21,22,26)/b20-14+. The summed E-state index contributed by atoms with van der Waals surface area (Å²) < 4.78 is 16.3. The van der Waals surface area contributed by atoms with E-state index in [2.05, 4.69) is 15.8 Å². The highest BCUT2D eigenvalue weighted by Gasteiger charge is 2.05. The fraction of sp³-hybridized carbons (Fsp3) is 0.263. The van der Waals surface area contributed by atoms with E-state index in [4.69, 9.17) is 26.4 Å². The van der Waals surface area contributed by atoms with E-state index in [-0.39, 0.29) is 0 Å². The molecule has 2 aromatic rings. The van der Waals surface area contributed by atoms with Gasteiger partial charge in [-0.3, -0.25) is 5.43 Å². The molecule has 0 amide bonds. The third-order valence-corrected chi connectivity index (χ3v) is 3.53. The third-order valence-electron chi connectivity index (χ3n) is 3.33. The van der Waals surface area contributed by atoms with Crippen LogP contribution in [0.25, 0.3) is 0 Å². The van der Waals surface area contributed by atoms with Crippen LogP contribution in [0.1, 0.15) is 12.5 Å². The Morgan fingerprint density at radius 3 is 2.58 bits per heavy atom. The van der Waals surface area contributed by atoms with Crippen molar-refractivity contribution in [3.63, 3.8) is 0 Å². The molecule has 0 saturated heterocycles. The number of hydrazone groups is 1. The lowest BCUT2D eigenvalue weighted by molar-refractivity contribution is 0.110. The van der Waals surface area contributed by atoms with Crippen LogP contribution in [0.15, 0.2) is 53.6 Å². The van der Waals surface area contributed by atoms with Crippen molar-refractivity contribution in [2.75, 3.05) is 32.2 Å². The predicted octanol–water partition coefficient (Wildman–Crippen LogP) is 3.43. The SMILES string of the molecule is CCOCCOc1ccccc1NC(=S)N/N=C/c1ccccc1OC. The molecule has 2 rings (SSSR count). The van der Waals surface area contributed by atoms with Crippen molar-refractivity contribution < 1.29 is 14.2 Å². The number of benzene rings is 2. The number of hydrogen-bond donors (Lipinski definition) is 2. The van der Waals surface area contributed by atoms with Crippen LogP contribution in [0.5, 0.6) is 11.5 Å². The van der Waals surface area contributed by atoms with E-state index in [1.54, 1.807) is 13.3 Å². The lowest BCUT2D eigenvalue weighted by Crippen LogP contribution is -2.24. The molecule has 0 aliphatic rings. The number of anilines is 1. The summed E-state index contributed by atoms with van der Waals surface area (Å²) in [6.07, 6.45) is 1.65. The van der Waals surface area contributed by atoms with Gasteiger partial charge in [-0.25, -0.2) is 0 Å². The molecule has 138 valence electrons. The first-order valence-corrected chi connectivity index (χ1v) is 8.68. The summed E-state index contributed by atoms with van der Waals surface area (Å²) in [4.78, 5) is 0. The lowest BCUT2D eigenvalue weighted by atomic mass is 10.2. The summed E-state index contributed by atoms with van der Waals surface area (Å²) >= 11 is 5.28. The second-order valence-electron chi connectivity index (χ2n) is 5.11. The molecule has 0 aliphatic heterocycles. The first-order valence-electron chi connectivity index (χ1n) is 8.27. The van der Waals surface area contributed by atoms with Crippen molar-refractivity contribution in [2.45, 2.75) is 6.92 Å². The molecule has 0 aromatic heterocycles. The third kappa shape index (κ3) is 6.34. The van der Waals surface area contributed by atoms with Crippen molar-refractivity contribution >= 4 is 29.2 Å². The van der Waals surface area contributed by atoms with Gasteiger partial charge in [0.1, 0.15) is 18.1 Å². The number of thiocarbonyl (C=S) groups is 1. The summed E-state index contributed by atoms with van der Waals surface area (Å²) in [7, 11) is 1.62. The molecule has 0 bridgehead atoms. The molecule has 0 saturated carbocycles. The molecule has 0 heterocycles. The number of nitrogens with zero attached hydrogens (tertiary/aromatic N) is 1. The molecular weight excluding hydrogens is 350 g/mol. The van der Waals surface area contributed by atoms with E-state index in [0.29, 0.717) is 30.7 Å². The lowest BCUT2D eigenvalue weighted by Gasteiger charge is -2.13. The topological polar surface area (TPSA) is 64.1 Å². The van der Waals surface area contributed by atoms with E-state index < -0.39 is 0 Å². The fourth-order valence-corrected chi connectivity index (χ4v) is 2.30. The average molecular weight is 373 g/mol. The Kier molecular flexibility index (Phi) is 8.38. The first kappa shape index (κ1) is 19.7. The summed E-state index contributed by atoms with van der Waals surface area (Å²) in [6, 6.07) is 15.1. The molecule has 0 unspecified atom stereocenters. The van der Waals surface area contributed by atoms with Gasteiger partial charge in [-0.05, 0) is 43.4 Å². The molecule has 26 heavy (non-hydrogen) atoms. The molecule has 0 aliphatic carbocycles. The Morgan fingerprint density at radius 1 is 1.08 bits per heavy atom. The maximum Gasteiger partial charge on any atom is 0.191 e. The van der Waals surface area contributed by atoms with Crippen molar-refractivity contribution in [1.82, 2.24) is 5.43 Å². The number of hydrogen-bond acceptors (Lipinski definition) is 5.